The van der Waals surface area contributed by atoms with Gasteiger partial charge in [0.2, 0.25) is 6.79 Å². The molecule has 3 aromatic rings. The summed E-state index contributed by atoms with van der Waals surface area (Å²) >= 11 is 0. The minimum Gasteiger partial charge on any atom is -0.484 e. The quantitative estimate of drug-likeness (QED) is 0.634. The molecular weight excluding hydrogens is 378 g/mol. The molecule has 2 aromatic carbocycles. The van der Waals surface area contributed by atoms with Gasteiger partial charge in [-0.15, -0.1) is 0 Å². The third-order valence-electron chi connectivity index (χ3n) is 4.34. The second kappa shape index (κ2) is 7.75. The Morgan fingerprint density at radius 1 is 1.10 bits per heavy atom. The lowest BCUT2D eigenvalue weighted by atomic mass is 10.1. The summed E-state index contributed by atoms with van der Waals surface area (Å²) in [5.74, 6) is 1.33. The van der Waals surface area contributed by atoms with Crippen molar-refractivity contribution in [2.75, 3.05) is 25.3 Å². The van der Waals surface area contributed by atoms with Crippen LogP contribution in [0.1, 0.15) is 23.0 Å². The average molecular weight is 397 g/mol. The number of aryl methyl sites for hydroxylation is 1. The molecule has 0 unspecified atom stereocenters. The zero-order valence-electron chi connectivity index (χ0n) is 15.9. The largest absolute Gasteiger partial charge is 0.484 e. The molecule has 4 rings (SSSR count). The average Bonchev–Trinajstić information content (AvgIpc) is 3.29. The molecule has 1 N–H and O–H groups in total. The third-order valence-corrected chi connectivity index (χ3v) is 4.34. The lowest BCUT2D eigenvalue weighted by Crippen LogP contribution is -2.20. The number of nitrogens with one attached hydrogen (secondary N) is 1. The molecule has 150 valence electrons. The minimum atomic E-state index is -0.457. The van der Waals surface area contributed by atoms with Crippen LogP contribution in [0.2, 0.25) is 0 Å². The highest BCUT2D eigenvalue weighted by Gasteiger charge is 2.20. The van der Waals surface area contributed by atoms with E-state index in [2.05, 4.69) is 5.32 Å². The second-order valence-corrected chi connectivity index (χ2v) is 6.32. The maximum atomic E-state index is 12.2. The summed E-state index contributed by atoms with van der Waals surface area (Å²) in [6.07, 6.45) is 0. The van der Waals surface area contributed by atoms with Crippen LogP contribution < -0.4 is 19.5 Å². The van der Waals surface area contributed by atoms with E-state index in [0.717, 1.165) is 0 Å². The summed E-state index contributed by atoms with van der Waals surface area (Å²) in [5, 5.41) is 3.32. The number of esters is 1. The topological polar surface area (TPSA) is 96.2 Å². The number of hydrogen-bond donors (Lipinski definition) is 1. The summed E-state index contributed by atoms with van der Waals surface area (Å²) in [6, 6.07) is 10.2. The molecule has 8 heteroatoms. The van der Waals surface area contributed by atoms with Gasteiger partial charge in [-0.1, -0.05) is 0 Å². The van der Waals surface area contributed by atoms with E-state index < -0.39 is 5.97 Å². The summed E-state index contributed by atoms with van der Waals surface area (Å²) in [5.41, 5.74) is 1.48. The van der Waals surface area contributed by atoms with Gasteiger partial charge in [-0.05, 0) is 44.2 Å². The first kappa shape index (κ1) is 18.7. The van der Waals surface area contributed by atoms with E-state index in [9.17, 15) is 9.59 Å². The molecule has 0 saturated carbocycles. The second-order valence-electron chi connectivity index (χ2n) is 6.32. The maximum absolute atomic E-state index is 12.2. The van der Waals surface area contributed by atoms with Crippen molar-refractivity contribution in [2.45, 2.75) is 13.8 Å². The van der Waals surface area contributed by atoms with E-state index in [1.54, 1.807) is 50.2 Å². The summed E-state index contributed by atoms with van der Waals surface area (Å²) in [4.78, 5) is 24.4. The van der Waals surface area contributed by atoms with Gasteiger partial charge in [-0.2, -0.15) is 0 Å². The number of carbonyl (C=O) groups is 2. The Kier molecular flexibility index (Phi) is 4.99. The zero-order valence-corrected chi connectivity index (χ0v) is 15.9. The predicted octanol–water partition coefficient (Wildman–Crippen LogP) is 3.66. The van der Waals surface area contributed by atoms with Crippen molar-refractivity contribution < 1.29 is 33.0 Å². The van der Waals surface area contributed by atoms with Crippen LogP contribution in [0.15, 0.2) is 40.8 Å². The van der Waals surface area contributed by atoms with Gasteiger partial charge in [0.15, 0.2) is 18.1 Å². The molecule has 1 aromatic heterocycles. The van der Waals surface area contributed by atoms with Gasteiger partial charge in [-0.3, -0.25) is 4.79 Å². The van der Waals surface area contributed by atoms with E-state index in [1.807, 2.05) is 0 Å². The fraction of sp³-hybridized carbons (Fsp3) is 0.238. The van der Waals surface area contributed by atoms with Crippen molar-refractivity contribution in [1.29, 1.82) is 0 Å². The van der Waals surface area contributed by atoms with Gasteiger partial charge >= 0.3 is 5.97 Å². The van der Waals surface area contributed by atoms with Gasteiger partial charge < -0.3 is 28.7 Å². The number of ether oxygens (including phenoxy) is 4. The highest BCUT2D eigenvalue weighted by atomic mass is 16.7. The van der Waals surface area contributed by atoms with Crippen molar-refractivity contribution in [2.24, 2.45) is 0 Å². The van der Waals surface area contributed by atoms with Crippen molar-refractivity contribution in [3.63, 3.8) is 0 Å². The SMILES string of the molecule is CCOC(=O)c1c(C)oc2ccc(OCC(=O)Nc3ccc4c(c3)OCO4)cc12. The molecule has 0 saturated heterocycles. The van der Waals surface area contributed by atoms with E-state index in [-0.39, 0.29) is 25.9 Å². The van der Waals surface area contributed by atoms with Gasteiger partial charge in [0, 0.05) is 17.1 Å². The summed E-state index contributed by atoms with van der Waals surface area (Å²) in [6.45, 7) is 3.67. The Labute approximate surface area is 166 Å². The van der Waals surface area contributed by atoms with Crippen LogP contribution in [0.4, 0.5) is 5.69 Å². The Balaban J connectivity index is 1.44. The molecule has 0 atom stereocenters. The Bertz CT molecular complexity index is 1090. The lowest BCUT2D eigenvalue weighted by Gasteiger charge is -2.08. The first-order valence-electron chi connectivity index (χ1n) is 9.07. The molecule has 0 aliphatic carbocycles. The van der Waals surface area contributed by atoms with Crippen molar-refractivity contribution in [3.8, 4) is 17.2 Å². The van der Waals surface area contributed by atoms with Crippen molar-refractivity contribution in [3.05, 3.63) is 47.7 Å². The van der Waals surface area contributed by atoms with Crippen LogP contribution in [0, 0.1) is 6.92 Å². The number of furan rings is 1. The van der Waals surface area contributed by atoms with E-state index in [1.165, 1.54) is 0 Å². The fourth-order valence-electron chi connectivity index (χ4n) is 3.07. The number of carbonyl (C=O) groups excluding carboxylic acids is 2. The van der Waals surface area contributed by atoms with Crippen LogP contribution in [0.5, 0.6) is 17.2 Å². The molecule has 29 heavy (non-hydrogen) atoms. The summed E-state index contributed by atoms with van der Waals surface area (Å²) in [7, 11) is 0. The molecule has 1 amide bonds. The molecule has 0 bridgehead atoms. The number of anilines is 1. The van der Waals surface area contributed by atoms with Gasteiger partial charge in [0.25, 0.3) is 5.91 Å². The van der Waals surface area contributed by atoms with Crippen LogP contribution >= 0.6 is 0 Å². The first-order chi connectivity index (χ1) is 14.0. The summed E-state index contributed by atoms with van der Waals surface area (Å²) < 4.78 is 26.8. The number of amides is 1. The fourth-order valence-corrected chi connectivity index (χ4v) is 3.07. The number of fused-ring (bicyclic) bond motifs is 2. The van der Waals surface area contributed by atoms with Gasteiger partial charge in [0.05, 0.1) is 6.61 Å². The maximum Gasteiger partial charge on any atom is 0.342 e. The van der Waals surface area contributed by atoms with E-state index in [4.69, 9.17) is 23.4 Å². The zero-order chi connectivity index (χ0) is 20.4. The normalized spacial score (nSPS) is 12.1. The third kappa shape index (κ3) is 3.82. The van der Waals surface area contributed by atoms with Crippen LogP contribution in [0.3, 0.4) is 0 Å². The number of rotatable bonds is 6. The predicted molar refractivity (Wildman–Crippen MR) is 104 cm³/mol. The first-order valence-corrected chi connectivity index (χ1v) is 9.07. The van der Waals surface area contributed by atoms with E-state index in [0.29, 0.717) is 45.2 Å². The molecule has 1 aliphatic heterocycles. The standard InChI is InChI=1S/C21H19NO7/c1-3-25-21(24)20-12(2)29-16-7-5-14(9-15(16)20)26-10-19(23)22-13-4-6-17-18(8-13)28-11-27-17/h4-9H,3,10-11H2,1-2H3,(H,22,23). The highest BCUT2D eigenvalue weighted by molar-refractivity contribution is 6.05. The van der Waals surface area contributed by atoms with Crippen LogP contribution in [0.25, 0.3) is 11.0 Å². The molecule has 0 radical (unpaired) electrons. The number of hydrogen-bond acceptors (Lipinski definition) is 7. The van der Waals surface area contributed by atoms with Crippen LogP contribution in [-0.2, 0) is 9.53 Å². The van der Waals surface area contributed by atoms with Gasteiger partial charge in [0.1, 0.15) is 22.7 Å². The number of benzene rings is 2. The Morgan fingerprint density at radius 2 is 1.93 bits per heavy atom. The smallest absolute Gasteiger partial charge is 0.342 e. The minimum absolute atomic E-state index is 0.166. The molecule has 1 aliphatic rings. The molecular formula is C21H19NO7. The Morgan fingerprint density at radius 3 is 2.76 bits per heavy atom. The Hall–Kier alpha value is -3.68. The van der Waals surface area contributed by atoms with Crippen molar-refractivity contribution >= 4 is 28.5 Å². The highest BCUT2D eigenvalue weighted by Crippen LogP contribution is 2.34. The van der Waals surface area contributed by atoms with Crippen molar-refractivity contribution in [1.82, 2.24) is 0 Å². The molecule has 0 spiro atoms. The molecule has 8 nitrogen and oxygen atoms in total. The molecule has 0 fully saturated rings. The lowest BCUT2D eigenvalue weighted by molar-refractivity contribution is -0.118. The monoisotopic (exact) mass is 397 g/mol. The van der Waals surface area contributed by atoms with Gasteiger partial charge in [-0.25, -0.2) is 4.79 Å². The van der Waals surface area contributed by atoms with Crippen LogP contribution in [-0.4, -0.2) is 31.9 Å². The molecule has 2 heterocycles. The van der Waals surface area contributed by atoms with E-state index >= 15 is 0 Å².